The number of benzene rings is 1. The summed E-state index contributed by atoms with van der Waals surface area (Å²) in [7, 11) is 0. The van der Waals surface area contributed by atoms with Crippen LogP contribution in [-0.2, 0) is 4.79 Å². The van der Waals surface area contributed by atoms with E-state index in [1.807, 2.05) is 0 Å². The number of carbonyl (C=O) groups is 1. The predicted octanol–water partition coefficient (Wildman–Crippen LogP) is 5.27. The fourth-order valence-electron chi connectivity index (χ4n) is 2.84. The molecule has 11 heteroatoms. The van der Waals surface area contributed by atoms with Gasteiger partial charge in [0.05, 0.1) is 10.8 Å². The van der Waals surface area contributed by atoms with Crippen LogP contribution in [0.2, 0.25) is 5.02 Å². The summed E-state index contributed by atoms with van der Waals surface area (Å²) in [6.45, 7) is -2.96. The standard InChI is InChI=1S/C17H19ClF2N4O2S2/c18-12-8-11(6-7-13(12)26-15(19)20)21-14(25)9-27-17-24-23-16(28-17)22-10-4-2-1-3-5-10/h6-8,10,15H,1-5,9H2,(H,21,25)(H,22,23). The number of halogens is 3. The lowest BCUT2D eigenvalue weighted by Gasteiger charge is -2.21. The van der Waals surface area contributed by atoms with Gasteiger partial charge in [0.25, 0.3) is 0 Å². The molecule has 0 unspecified atom stereocenters. The summed E-state index contributed by atoms with van der Waals surface area (Å²) in [5.74, 6) is -0.262. The average molecular weight is 449 g/mol. The number of nitrogens with zero attached hydrogens (tertiary/aromatic N) is 2. The topological polar surface area (TPSA) is 76.1 Å². The summed E-state index contributed by atoms with van der Waals surface area (Å²) in [6, 6.07) is 4.54. The Kier molecular flexibility index (Phi) is 7.69. The number of alkyl halides is 2. The van der Waals surface area contributed by atoms with Crippen molar-refractivity contribution in [3.8, 4) is 5.75 Å². The Balaban J connectivity index is 1.46. The predicted molar refractivity (Wildman–Crippen MR) is 108 cm³/mol. The molecule has 1 aromatic carbocycles. The van der Waals surface area contributed by atoms with Gasteiger partial charge < -0.3 is 15.4 Å². The van der Waals surface area contributed by atoms with Crippen LogP contribution in [-0.4, -0.2) is 34.5 Å². The van der Waals surface area contributed by atoms with Crippen LogP contribution in [0, 0.1) is 0 Å². The fraction of sp³-hybridized carbons (Fsp3) is 0.471. The van der Waals surface area contributed by atoms with Gasteiger partial charge in [0, 0.05) is 11.7 Å². The molecule has 1 heterocycles. The van der Waals surface area contributed by atoms with Crippen LogP contribution in [0.3, 0.4) is 0 Å². The van der Waals surface area contributed by atoms with Crippen LogP contribution < -0.4 is 15.4 Å². The third-order valence-corrected chi connectivity index (χ3v) is 6.38. The molecule has 0 bridgehead atoms. The lowest BCUT2D eigenvalue weighted by Crippen LogP contribution is -2.21. The maximum atomic E-state index is 12.2. The number of rotatable bonds is 8. The second-order valence-corrected chi connectivity index (χ2v) is 8.82. The third kappa shape index (κ3) is 6.46. The Bertz CT molecular complexity index is 803. The first-order chi connectivity index (χ1) is 13.5. The number of thioether (sulfide) groups is 1. The maximum absolute atomic E-state index is 12.2. The summed E-state index contributed by atoms with van der Waals surface area (Å²) >= 11 is 8.58. The van der Waals surface area contributed by atoms with Crippen molar-refractivity contribution in [3.05, 3.63) is 23.2 Å². The minimum absolute atomic E-state index is 0.00620. The number of hydrogen-bond acceptors (Lipinski definition) is 7. The molecule has 1 aromatic heterocycles. The molecule has 3 rings (SSSR count). The van der Waals surface area contributed by atoms with E-state index >= 15 is 0 Å². The van der Waals surface area contributed by atoms with Crippen LogP contribution >= 0.6 is 34.7 Å². The van der Waals surface area contributed by atoms with Crippen molar-refractivity contribution >= 4 is 51.4 Å². The van der Waals surface area contributed by atoms with Crippen LogP contribution in [0.1, 0.15) is 32.1 Å². The highest BCUT2D eigenvalue weighted by atomic mass is 35.5. The van der Waals surface area contributed by atoms with Gasteiger partial charge in [-0.1, -0.05) is 54.0 Å². The van der Waals surface area contributed by atoms with Gasteiger partial charge in [-0.2, -0.15) is 8.78 Å². The molecule has 152 valence electrons. The van der Waals surface area contributed by atoms with Crippen molar-refractivity contribution in [1.29, 1.82) is 0 Å². The molecule has 2 N–H and O–H groups in total. The molecular weight excluding hydrogens is 430 g/mol. The van der Waals surface area contributed by atoms with E-state index in [4.69, 9.17) is 11.6 Å². The first-order valence-corrected chi connectivity index (χ1v) is 10.9. The van der Waals surface area contributed by atoms with Crippen LogP contribution in [0.4, 0.5) is 19.6 Å². The van der Waals surface area contributed by atoms with Crippen molar-refractivity contribution in [2.24, 2.45) is 0 Å². The zero-order chi connectivity index (χ0) is 19.9. The molecule has 1 fully saturated rings. The van der Waals surface area contributed by atoms with E-state index in [1.54, 1.807) is 0 Å². The summed E-state index contributed by atoms with van der Waals surface area (Å²) < 4.78 is 29.4. The van der Waals surface area contributed by atoms with Gasteiger partial charge in [-0.05, 0) is 31.0 Å². The number of nitrogens with one attached hydrogen (secondary N) is 2. The summed E-state index contributed by atoms with van der Waals surface area (Å²) in [4.78, 5) is 12.1. The average Bonchev–Trinajstić information content (AvgIpc) is 3.10. The van der Waals surface area contributed by atoms with E-state index in [-0.39, 0.29) is 22.4 Å². The van der Waals surface area contributed by atoms with E-state index in [0.717, 1.165) is 18.0 Å². The van der Waals surface area contributed by atoms with Gasteiger partial charge in [-0.15, -0.1) is 10.2 Å². The molecule has 2 aromatic rings. The second kappa shape index (κ2) is 10.2. The molecule has 0 radical (unpaired) electrons. The molecule has 1 amide bonds. The summed E-state index contributed by atoms with van der Waals surface area (Å²) in [6.07, 6.45) is 6.05. The first kappa shape index (κ1) is 21.1. The lowest BCUT2D eigenvalue weighted by atomic mass is 9.96. The molecule has 28 heavy (non-hydrogen) atoms. The van der Waals surface area contributed by atoms with E-state index in [0.29, 0.717) is 16.1 Å². The van der Waals surface area contributed by atoms with Gasteiger partial charge in [0.2, 0.25) is 11.0 Å². The molecule has 1 aliphatic carbocycles. The number of carbonyl (C=O) groups excluding carboxylic acids is 1. The molecule has 1 aliphatic rings. The highest BCUT2D eigenvalue weighted by molar-refractivity contribution is 8.01. The van der Waals surface area contributed by atoms with Gasteiger partial charge in [0.1, 0.15) is 5.75 Å². The summed E-state index contributed by atoms with van der Waals surface area (Å²) in [5.41, 5.74) is 0.397. The number of aromatic nitrogens is 2. The molecule has 0 spiro atoms. The number of hydrogen-bond donors (Lipinski definition) is 2. The minimum atomic E-state index is -2.96. The van der Waals surface area contributed by atoms with Crippen molar-refractivity contribution in [1.82, 2.24) is 10.2 Å². The molecular formula is C17H19ClF2N4O2S2. The van der Waals surface area contributed by atoms with E-state index < -0.39 is 6.61 Å². The zero-order valence-corrected chi connectivity index (χ0v) is 17.2. The molecule has 0 atom stereocenters. The molecule has 0 saturated heterocycles. The van der Waals surface area contributed by atoms with Crippen molar-refractivity contribution in [2.45, 2.75) is 49.1 Å². The Labute approximate surface area is 174 Å². The van der Waals surface area contributed by atoms with E-state index in [9.17, 15) is 13.6 Å². The molecule has 0 aliphatic heterocycles. The normalized spacial score (nSPS) is 14.9. The largest absolute Gasteiger partial charge is 0.433 e. The lowest BCUT2D eigenvalue weighted by molar-refractivity contribution is -0.113. The molecule has 1 saturated carbocycles. The fourth-order valence-corrected chi connectivity index (χ4v) is 4.70. The SMILES string of the molecule is O=C(CSc1nnc(NC2CCCCC2)s1)Nc1ccc(OC(F)F)c(Cl)c1. The van der Waals surface area contributed by atoms with Gasteiger partial charge >= 0.3 is 6.61 Å². The number of anilines is 2. The van der Waals surface area contributed by atoms with Gasteiger partial charge in [0.15, 0.2) is 4.34 Å². The Morgan fingerprint density at radius 1 is 1.32 bits per heavy atom. The third-order valence-electron chi connectivity index (χ3n) is 4.10. The van der Waals surface area contributed by atoms with Crippen molar-refractivity contribution in [2.75, 3.05) is 16.4 Å². The second-order valence-electron chi connectivity index (χ2n) is 6.21. The quantitative estimate of drug-likeness (QED) is 0.536. The number of amides is 1. The zero-order valence-electron chi connectivity index (χ0n) is 14.8. The Morgan fingerprint density at radius 2 is 2.11 bits per heavy atom. The Morgan fingerprint density at radius 3 is 2.82 bits per heavy atom. The Hall–Kier alpha value is -1.65. The van der Waals surface area contributed by atoms with Crippen molar-refractivity contribution in [3.63, 3.8) is 0 Å². The van der Waals surface area contributed by atoms with Crippen LogP contribution in [0.5, 0.6) is 5.75 Å². The highest BCUT2D eigenvalue weighted by Gasteiger charge is 2.16. The van der Waals surface area contributed by atoms with Crippen molar-refractivity contribution < 1.29 is 18.3 Å². The summed E-state index contributed by atoms with van der Waals surface area (Å²) in [5, 5.41) is 15.1. The smallest absolute Gasteiger partial charge is 0.387 e. The minimum Gasteiger partial charge on any atom is -0.433 e. The monoisotopic (exact) mass is 448 g/mol. The maximum Gasteiger partial charge on any atom is 0.387 e. The number of ether oxygens (including phenoxy) is 1. The van der Waals surface area contributed by atoms with Gasteiger partial charge in [-0.3, -0.25) is 4.79 Å². The van der Waals surface area contributed by atoms with E-state index in [2.05, 4.69) is 25.6 Å². The van der Waals surface area contributed by atoms with E-state index in [1.165, 1.54) is 60.6 Å². The highest BCUT2D eigenvalue weighted by Crippen LogP contribution is 2.30. The molecule has 6 nitrogen and oxygen atoms in total. The van der Waals surface area contributed by atoms with Gasteiger partial charge in [-0.25, -0.2) is 0 Å². The van der Waals surface area contributed by atoms with Crippen LogP contribution in [0.25, 0.3) is 0 Å². The van der Waals surface area contributed by atoms with Crippen LogP contribution in [0.15, 0.2) is 22.5 Å². The first-order valence-electron chi connectivity index (χ1n) is 8.76.